The van der Waals surface area contributed by atoms with Crippen molar-refractivity contribution >= 4 is 11.8 Å². The van der Waals surface area contributed by atoms with Gasteiger partial charge < -0.3 is 19.7 Å². The molecule has 2 atom stereocenters. The van der Waals surface area contributed by atoms with E-state index in [9.17, 15) is 9.59 Å². The molecular formula is C17H23N3O4. The van der Waals surface area contributed by atoms with Crippen molar-refractivity contribution in [1.82, 2.24) is 15.2 Å². The number of hydrogen-bond donors (Lipinski definition) is 1. The van der Waals surface area contributed by atoms with Gasteiger partial charge in [0.25, 0.3) is 5.91 Å². The normalized spacial score (nSPS) is 26.5. The van der Waals surface area contributed by atoms with E-state index >= 15 is 0 Å². The molecule has 1 aromatic heterocycles. The fraction of sp³-hybridized carbons (Fsp3) is 0.588. The molecule has 0 aliphatic carbocycles. The summed E-state index contributed by atoms with van der Waals surface area (Å²) in [7, 11) is 1.59. The number of piperidine rings is 1. The van der Waals surface area contributed by atoms with Crippen molar-refractivity contribution in [3.63, 3.8) is 0 Å². The maximum atomic E-state index is 12.6. The van der Waals surface area contributed by atoms with E-state index in [4.69, 9.17) is 9.47 Å². The first-order valence-corrected chi connectivity index (χ1v) is 8.27. The molecule has 24 heavy (non-hydrogen) atoms. The maximum absolute atomic E-state index is 12.6. The predicted octanol–water partition coefficient (Wildman–Crippen LogP) is 0.608. The Morgan fingerprint density at radius 2 is 2.25 bits per heavy atom. The van der Waals surface area contributed by atoms with Gasteiger partial charge in [-0.2, -0.15) is 0 Å². The number of amides is 2. The fourth-order valence-electron chi connectivity index (χ4n) is 3.41. The molecule has 2 amide bonds. The Hall–Kier alpha value is -1.99. The molecule has 0 aromatic carbocycles. The summed E-state index contributed by atoms with van der Waals surface area (Å²) in [4.78, 5) is 29.7. The quantitative estimate of drug-likeness (QED) is 0.873. The molecule has 2 saturated heterocycles. The van der Waals surface area contributed by atoms with Crippen LogP contribution in [0.15, 0.2) is 24.5 Å². The molecule has 0 unspecified atom stereocenters. The lowest BCUT2D eigenvalue weighted by Gasteiger charge is -2.39. The van der Waals surface area contributed by atoms with Gasteiger partial charge in [0.2, 0.25) is 5.91 Å². The molecule has 3 heterocycles. The average molecular weight is 333 g/mol. The van der Waals surface area contributed by atoms with Crippen LogP contribution in [0.3, 0.4) is 0 Å². The molecule has 1 spiro atoms. The molecule has 7 nitrogen and oxygen atoms in total. The number of aromatic nitrogens is 1. The Morgan fingerprint density at radius 1 is 1.46 bits per heavy atom. The summed E-state index contributed by atoms with van der Waals surface area (Å²) in [6, 6.07) is 3.46. The van der Waals surface area contributed by atoms with Gasteiger partial charge in [-0.3, -0.25) is 14.6 Å². The molecule has 7 heteroatoms. The van der Waals surface area contributed by atoms with Gasteiger partial charge in [0, 0.05) is 38.0 Å². The number of hydrogen-bond acceptors (Lipinski definition) is 5. The van der Waals surface area contributed by atoms with Crippen molar-refractivity contribution in [3.8, 4) is 0 Å². The molecule has 2 aliphatic heterocycles. The van der Waals surface area contributed by atoms with Crippen LogP contribution in [0.2, 0.25) is 0 Å². The number of nitrogens with zero attached hydrogens (tertiary/aromatic N) is 2. The number of carbonyl (C=O) groups is 2. The van der Waals surface area contributed by atoms with Crippen LogP contribution in [0.4, 0.5) is 0 Å². The Kier molecular flexibility index (Phi) is 5.11. The number of ether oxygens (including phenoxy) is 2. The van der Waals surface area contributed by atoms with E-state index in [0.717, 1.165) is 19.4 Å². The number of likely N-dealkylation sites (tertiary alicyclic amines) is 1. The first-order chi connectivity index (χ1) is 11.6. The minimum atomic E-state index is -0.353. The SMILES string of the molecule is CNC(=O)CO[C@@H]1CO[C@]2(CCCN(C(=O)c3ccncc3)C2)C1. The zero-order chi connectivity index (χ0) is 17.0. The van der Waals surface area contributed by atoms with Crippen molar-refractivity contribution in [1.29, 1.82) is 0 Å². The first kappa shape index (κ1) is 16.9. The number of rotatable bonds is 4. The van der Waals surface area contributed by atoms with Crippen molar-refractivity contribution in [2.24, 2.45) is 0 Å². The molecule has 3 rings (SSSR count). The van der Waals surface area contributed by atoms with Crippen LogP contribution in [0.1, 0.15) is 29.6 Å². The summed E-state index contributed by atoms with van der Waals surface area (Å²) >= 11 is 0. The zero-order valence-electron chi connectivity index (χ0n) is 13.9. The molecule has 0 bridgehead atoms. The Bertz CT molecular complexity index is 595. The second-order valence-electron chi connectivity index (χ2n) is 6.37. The summed E-state index contributed by atoms with van der Waals surface area (Å²) in [5.74, 6) is -0.135. The number of nitrogens with one attached hydrogen (secondary N) is 1. The lowest BCUT2D eigenvalue weighted by molar-refractivity contribution is -0.127. The third kappa shape index (κ3) is 3.73. The van der Waals surface area contributed by atoms with Crippen LogP contribution < -0.4 is 5.32 Å². The van der Waals surface area contributed by atoms with Crippen LogP contribution in [0.25, 0.3) is 0 Å². The second kappa shape index (κ2) is 7.27. The van der Waals surface area contributed by atoms with Gasteiger partial charge in [-0.25, -0.2) is 0 Å². The summed E-state index contributed by atoms with van der Waals surface area (Å²) in [6.45, 7) is 1.80. The van der Waals surface area contributed by atoms with E-state index in [1.165, 1.54) is 0 Å². The largest absolute Gasteiger partial charge is 0.370 e. The van der Waals surface area contributed by atoms with Crippen LogP contribution in [0, 0.1) is 0 Å². The van der Waals surface area contributed by atoms with Gasteiger partial charge in [-0.1, -0.05) is 0 Å². The van der Waals surface area contributed by atoms with Crippen LogP contribution in [-0.4, -0.2) is 66.8 Å². The number of likely N-dealkylation sites (N-methyl/N-ethyl adjacent to an activating group) is 1. The maximum Gasteiger partial charge on any atom is 0.254 e. The third-order valence-corrected chi connectivity index (χ3v) is 4.66. The molecule has 1 aromatic rings. The van der Waals surface area contributed by atoms with Gasteiger partial charge in [0.15, 0.2) is 0 Å². The lowest BCUT2D eigenvalue weighted by atomic mass is 9.89. The Morgan fingerprint density at radius 3 is 3.00 bits per heavy atom. The van der Waals surface area contributed by atoms with Gasteiger partial charge in [-0.05, 0) is 25.0 Å². The highest BCUT2D eigenvalue weighted by molar-refractivity contribution is 5.94. The highest BCUT2D eigenvalue weighted by Crippen LogP contribution is 2.36. The molecule has 0 saturated carbocycles. The van der Waals surface area contributed by atoms with E-state index in [1.807, 2.05) is 4.90 Å². The van der Waals surface area contributed by atoms with E-state index in [2.05, 4.69) is 10.3 Å². The molecule has 1 N–H and O–H groups in total. The van der Waals surface area contributed by atoms with Gasteiger partial charge in [0.1, 0.15) is 6.61 Å². The summed E-state index contributed by atoms with van der Waals surface area (Å²) in [6.07, 6.45) is 5.68. The topological polar surface area (TPSA) is 80.8 Å². The monoisotopic (exact) mass is 333 g/mol. The van der Waals surface area contributed by atoms with Crippen molar-refractivity contribution in [3.05, 3.63) is 30.1 Å². The van der Waals surface area contributed by atoms with E-state index in [-0.39, 0.29) is 30.1 Å². The lowest BCUT2D eigenvalue weighted by Crippen LogP contribution is -2.50. The molecule has 0 radical (unpaired) electrons. The predicted molar refractivity (Wildman–Crippen MR) is 86.5 cm³/mol. The smallest absolute Gasteiger partial charge is 0.254 e. The van der Waals surface area contributed by atoms with Crippen molar-refractivity contribution < 1.29 is 19.1 Å². The second-order valence-corrected chi connectivity index (χ2v) is 6.37. The van der Waals surface area contributed by atoms with Crippen molar-refractivity contribution in [2.45, 2.75) is 31.0 Å². The van der Waals surface area contributed by atoms with Gasteiger partial charge >= 0.3 is 0 Å². The number of pyridine rings is 1. The van der Waals surface area contributed by atoms with Gasteiger partial charge in [-0.15, -0.1) is 0 Å². The zero-order valence-corrected chi connectivity index (χ0v) is 13.9. The van der Waals surface area contributed by atoms with E-state index in [0.29, 0.717) is 25.1 Å². The summed E-state index contributed by atoms with van der Waals surface area (Å²) in [5, 5.41) is 2.54. The minimum Gasteiger partial charge on any atom is -0.370 e. The Labute approximate surface area is 141 Å². The summed E-state index contributed by atoms with van der Waals surface area (Å²) in [5.41, 5.74) is 0.293. The van der Waals surface area contributed by atoms with Crippen LogP contribution in [-0.2, 0) is 14.3 Å². The molecule has 130 valence electrons. The third-order valence-electron chi connectivity index (χ3n) is 4.66. The highest BCUT2D eigenvalue weighted by atomic mass is 16.6. The molecule has 2 aliphatic rings. The standard InChI is InChI=1S/C17H23N3O4/c1-18-15(21)11-23-14-9-17(24-10-14)5-2-8-20(12-17)16(22)13-3-6-19-7-4-13/h3-4,6-7,14H,2,5,8-12H2,1H3,(H,18,21)/t14-,17+/m0/s1. The van der Waals surface area contributed by atoms with E-state index in [1.54, 1.807) is 31.6 Å². The number of carbonyl (C=O) groups excluding carboxylic acids is 2. The highest BCUT2D eigenvalue weighted by Gasteiger charge is 2.45. The first-order valence-electron chi connectivity index (χ1n) is 8.27. The van der Waals surface area contributed by atoms with Crippen LogP contribution in [0.5, 0.6) is 0 Å². The summed E-state index contributed by atoms with van der Waals surface area (Å²) < 4.78 is 11.6. The van der Waals surface area contributed by atoms with E-state index < -0.39 is 0 Å². The minimum absolute atomic E-state index is 0.00908. The van der Waals surface area contributed by atoms with Crippen molar-refractivity contribution in [2.75, 3.05) is 33.4 Å². The van der Waals surface area contributed by atoms with Gasteiger partial charge in [0.05, 0.1) is 24.9 Å². The fourth-order valence-corrected chi connectivity index (χ4v) is 3.41. The Balaban J connectivity index is 1.59. The van der Waals surface area contributed by atoms with Crippen LogP contribution >= 0.6 is 0 Å². The average Bonchev–Trinajstić information content (AvgIpc) is 3.02. The molecular weight excluding hydrogens is 310 g/mol. The molecule has 2 fully saturated rings.